The molecular formula is C20H22F3N3O3S. The molecule has 0 aromatic heterocycles. The summed E-state index contributed by atoms with van der Waals surface area (Å²) in [5.74, 6) is -0.377. The van der Waals surface area contributed by atoms with Crippen molar-refractivity contribution in [1.82, 2.24) is 9.62 Å². The van der Waals surface area contributed by atoms with Crippen LogP contribution in [0.2, 0.25) is 0 Å². The Hall–Kier alpha value is -2.59. The van der Waals surface area contributed by atoms with E-state index in [1.165, 1.54) is 30.0 Å². The minimum Gasteiger partial charge on any atom is -0.368 e. The van der Waals surface area contributed by atoms with Crippen molar-refractivity contribution >= 4 is 21.6 Å². The highest BCUT2D eigenvalue weighted by Gasteiger charge is 2.32. The number of rotatable bonds is 5. The van der Waals surface area contributed by atoms with E-state index >= 15 is 0 Å². The van der Waals surface area contributed by atoms with Gasteiger partial charge in [0.2, 0.25) is 15.9 Å². The third-order valence-corrected chi connectivity index (χ3v) is 6.44. The van der Waals surface area contributed by atoms with Crippen LogP contribution in [0.1, 0.15) is 12.5 Å². The van der Waals surface area contributed by atoms with Gasteiger partial charge in [-0.25, -0.2) is 8.42 Å². The summed E-state index contributed by atoms with van der Waals surface area (Å²) in [5.41, 5.74) is -0.280. The van der Waals surface area contributed by atoms with Gasteiger partial charge in [-0.3, -0.25) is 4.79 Å². The Balaban J connectivity index is 1.60. The number of hydrogen-bond donors (Lipinski definition) is 1. The van der Waals surface area contributed by atoms with E-state index in [2.05, 4.69) is 4.72 Å². The highest BCUT2D eigenvalue weighted by Crippen LogP contribution is 2.31. The SMILES string of the molecule is C[C@@H](NS(=O)(=O)c1ccccc1)C(=O)N1CCN(c2cccc(C(F)(F)F)c2)CC1. The van der Waals surface area contributed by atoms with Crippen molar-refractivity contribution in [1.29, 1.82) is 0 Å². The lowest BCUT2D eigenvalue weighted by molar-refractivity contribution is -0.137. The van der Waals surface area contributed by atoms with E-state index in [9.17, 15) is 26.4 Å². The normalized spacial score (nSPS) is 16.4. The molecule has 0 spiro atoms. The van der Waals surface area contributed by atoms with Gasteiger partial charge in [0.15, 0.2) is 0 Å². The molecule has 1 atom stereocenters. The van der Waals surface area contributed by atoms with Crippen LogP contribution in [0.15, 0.2) is 59.5 Å². The van der Waals surface area contributed by atoms with Gasteiger partial charge in [0.1, 0.15) is 0 Å². The molecule has 0 aliphatic carbocycles. The minimum atomic E-state index is -4.42. The molecule has 1 aliphatic rings. The van der Waals surface area contributed by atoms with Crippen LogP contribution in [0.4, 0.5) is 18.9 Å². The van der Waals surface area contributed by atoms with E-state index < -0.39 is 27.8 Å². The van der Waals surface area contributed by atoms with Crippen LogP contribution in [0.5, 0.6) is 0 Å². The molecule has 1 aliphatic heterocycles. The van der Waals surface area contributed by atoms with Crippen LogP contribution in [-0.4, -0.2) is 51.4 Å². The zero-order chi connectivity index (χ0) is 21.9. The first-order chi connectivity index (χ1) is 14.1. The molecule has 0 unspecified atom stereocenters. The molecule has 10 heteroatoms. The van der Waals surface area contributed by atoms with Gasteiger partial charge < -0.3 is 9.80 Å². The molecule has 1 amide bonds. The molecule has 0 bridgehead atoms. The van der Waals surface area contributed by atoms with Gasteiger partial charge in [0, 0.05) is 31.9 Å². The van der Waals surface area contributed by atoms with Crippen LogP contribution < -0.4 is 9.62 Å². The fourth-order valence-electron chi connectivity index (χ4n) is 3.29. The predicted octanol–water partition coefficient (Wildman–Crippen LogP) is 2.72. The minimum absolute atomic E-state index is 0.0685. The lowest BCUT2D eigenvalue weighted by Crippen LogP contribution is -2.54. The summed E-state index contributed by atoms with van der Waals surface area (Å²) in [6.07, 6.45) is -4.42. The van der Waals surface area contributed by atoms with Crippen LogP contribution in [0.3, 0.4) is 0 Å². The third-order valence-electron chi connectivity index (χ3n) is 4.89. The molecule has 6 nitrogen and oxygen atoms in total. The second kappa shape index (κ2) is 8.65. The first-order valence-corrected chi connectivity index (χ1v) is 10.8. The summed E-state index contributed by atoms with van der Waals surface area (Å²) in [7, 11) is -3.83. The van der Waals surface area contributed by atoms with Gasteiger partial charge in [-0.15, -0.1) is 0 Å². The maximum absolute atomic E-state index is 12.9. The lowest BCUT2D eigenvalue weighted by atomic mass is 10.1. The van der Waals surface area contributed by atoms with Crippen molar-refractivity contribution in [2.24, 2.45) is 0 Å². The van der Waals surface area contributed by atoms with Gasteiger partial charge >= 0.3 is 6.18 Å². The largest absolute Gasteiger partial charge is 0.416 e. The quantitative estimate of drug-likeness (QED) is 0.775. The van der Waals surface area contributed by atoms with E-state index in [0.29, 0.717) is 18.8 Å². The summed E-state index contributed by atoms with van der Waals surface area (Å²) in [6.45, 7) is 2.75. The van der Waals surface area contributed by atoms with Gasteiger partial charge in [-0.1, -0.05) is 24.3 Å². The summed E-state index contributed by atoms with van der Waals surface area (Å²) < 4.78 is 65.9. The molecule has 1 saturated heterocycles. The standard InChI is InChI=1S/C20H22F3N3O3S/c1-15(24-30(28,29)18-8-3-2-4-9-18)19(27)26-12-10-25(11-13-26)17-7-5-6-16(14-17)20(21,22)23/h2-9,14-15,24H,10-13H2,1H3/t15-/m1/s1. The maximum atomic E-state index is 12.9. The van der Waals surface area contributed by atoms with Gasteiger partial charge in [-0.05, 0) is 37.3 Å². The average molecular weight is 441 g/mol. The fraction of sp³-hybridized carbons (Fsp3) is 0.350. The number of alkyl halides is 3. The number of carbonyl (C=O) groups excluding carboxylic acids is 1. The Kier molecular flexibility index (Phi) is 6.37. The number of sulfonamides is 1. The van der Waals surface area contributed by atoms with Gasteiger partial charge in [0.25, 0.3) is 0 Å². The molecule has 1 fully saturated rings. The number of halogens is 3. The Morgan fingerprint density at radius 2 is 1.63 bits per heavy atom. The molecule has 1 N–H and O–H groups in total. The van der Waals surface area contributed by atoms with Crippen molar-refractivity contribution in [3.63, 3.8) is 0 Å². The number of nitrogens with zero attached hydrogens (tertiary/aromatic N) is 2. The zero-order valence-corrected chi connectivity index (χ0v) is 17.1. The topological polar surface area (TPSA) is 69.7 Å². The maximum Gasteiger partial charge on any atom is 0.416 e. The van der Waals surface area contributed by atoms with Crippen LogP contribution >= 0.6 is 0 Å². The second-order valence-corrected chi connectivity index (χ2v) is 8.73. The molecule has 30 heavy (non-hydrogen) atoms. The summed E-state index contributed by atoms with van der Waals surface area (Å²) in [6, 6.07) is 11.9. The first-order valence-electron chi connectivity index (χ1n) is 9.36. The van der Waals surface area contributed by atoms with Crippen molar-refractivity contribution in [2.45, 2.75) is 24.0 Å². The highest BCUT2D eigenvalue weighted by molar-refractivity contribution is 7.89. The zero-order valence-electron chi connectivity index (χ0n) is 16.3. The lowest BCUT2D eigenvalue weighted by Gasteiger charge is -2.37. The Morgan fingerprint density at radius 1 is 1.00 bits per heavy atom. The molecule has 3 rings (SSSR count). The first kappa shape index (κ1) is 22.1. The number of carbonyl (C=O) groups is 1. The van der Waals surface area contributed by atoms with Crippen molar-refractivity contribution in [2.75, 3.05) is 31.1 Å². The van der Waals surface area contributed by atoms with E-state index in [-0.39, 0.29) is 23.9 Å². The van der Waals surface area contributed by atoms with E-state index in [4.69, 9.17) is 0 Å². The van der Waals surface area contributed by atoms with Crippen LogP contribution in [-0.2, 0) is 21.0 Å². The highest BCUT2D eigenvalue weighted by atomic mass is 32.2. The number of hydrogen-bond acceptors (Lipinski definition) is 4. The Bertz CT molecular complexity index is 989. The molecule has 0 radical (unpaired) electrons. The van der Waals surface area contributed by atoms with Crippen molar-refractivity contribution in [3.05, 3.63) is 60.2 Å². The monoisotopic (exact) mass is 441 g/mol. The van der Waals surface area contributed by atoms with Crippen molar-refractivity contribution in [3.8, 4) is 0 Å². The number of amides is 1. The van der Waals surface area contributed by atoms with Gasteiger partial charge in [-0.2, -0.15) is 17.9 Å². The molecular weight excluding hydrogens is 419 g/mol. The number of piperazine rings is 1. The molecule has 162 valence electrons. The molecule has 2 aromatic rings. The summed E-state index contributed by atoms with van der Waals surface area (Å²) >= 11 is 0. The predicted molar refractivity (Wildman–Crippen MR) is 106 cm³/mol. The van der Waals surface area contributed by atoms with E-state index in [1.807, 2.05) is 0 Å². The number of nitrogens with one attached hydrogen (secondary N) is 1. The Morgan fingerprint density at radius 3 is 2.23 bits per heavy atom. The van der Waals surface area contributed by atoms with E-state index in [1.54, 1.807) is 29.2 Å². The molecule has 1 heterocycles. The number of benzene rings is 2. The average Bonchev–Trinajstić information content (AvgIpc) is 2.73. The Labute approximate surface area is 173 Å². The fourth-order valence-corrected chi connectivity index (χ4v) is 4.51. The number of anilines is 1. The summed E-state index contributed by atoms with van der Waals surface area (Å²) in [4.78, 5) is 16.0. The molecule has 0 saturated carbocycles. The second-order valence-electron chi connectivity index (χ2n) is 7.02. The van der Waals surface area contributed by atoms with Crippen LogP contribution in [0.25, 0.3) is 0 Å². The third kappa shape index (κ3) is 5.11. The smallest absolute Gasteiger partial charge is 0.368 e. The summed E-state index contributed by atoms with van der Waals surface area (Å²) in [5, 5.41) is 0. The van der Waals surface area contributed by atoms with E-state index in [0.717, 1.165) is 12.1 Å². The van der Waals surface area contributed by atoms with Crippen molar-refractivity contribution < 1.29 is 26.4 Å². The van der Waals surface area contributed by atoms with Crippen LogP contribution in [0, 0.1) is 0 Å². The van der Waals surface area contributed by atoms with Gasteiger partial charge in [0.05, 0.1) is 16.5 Å². The molecule has 2 aromatic carbocycles.